The topological polar surface area (TPSA) is 19.4 Å². The van der Waals surface area contributed by atoms with E-state index >= 15 is 0 Å². The van der Waals surface area contributed by atoms with Gasteiger partial charge in [0.2, 0.25) is 0 Å². The molecule has 4 rings (SSSR count). The van der Waals surface area contributed by atoms with Crippen LogP contribution >= 0.6 is 0 Å². The van der Waals surface area contributed by atoms with Crippen molar-refractivity contribution in [1.29, 1.82) is 0 Å². The first-order valence-electron chi connectivity index (χ1n) is 9.88. The van der Waals surface area contributed by atoms with Gasteiger partial charge in [0.05, 0.1) is 5.69 Å². The van der Waals surface area contributed by atoms with Gasteiger partial charge in [0.1, 0.15) is 6.17 Å². The molecule has 138 valence electrons. The highest BCUT2D eigenvalue weighted by Crippen LogP contribution is 2.62. The zero-order chi connectivity index (χ0) is 18.9. The van der Waals surface area contributed by atoms with E-state index < -0.39 is 0 Å². The number of fused-ring (bicyclic) bond motifs is 5. The Hall–Kier alpha value is -2.03. The monoisotopic (exact) mass is 349 g/mol. The smallest absolute Gasteiger partial charge is 0.158 e. The van der Waals surface area contributed by atoms with Gasteiger partial charge >= 0.3 is 0 Å². The van der Waals surface area contributed by atoms with Crippen LogP contribution in [0.1, 0.15) is 57.2 Å². The van der Waals surface area contributed by atoms with Crippen LogP contribution in [-0.4, -0.2) is 18.2 Å². The average Bonchev–Trinajstić information content (AvgIpc) is 2.92. The van der Waals surface area contributed by atoms with Crippen molar-refractivity contribution in [2.75, 3.05) is 16.8 Å². The van der Waals surface area contributed by atoms with Gasteiger partial charge in [0.15, 0.2) is 5.82 Å². The van der Waals surface area contributed by atoms with Crippen molar-refractivity contribution in [3.05, 3.63) is 47.2 Å². The Morgan fingerprint density at radius 3 is 2.35 bits per heavy atom. The SMILES string of the molecule is CCC1(C)c2ccc(C)cc2N2c3ncc(C)cc3N(C)C2C1(C)CC. The molecule has 3 nitrogen and oxygen atoms in total. The molecule has 0 saturated carbocycles. The third-order valence-electron chi connectivity index (χ3n) is 7.48. The van der Waals surface area contributed by atoms with Gasteiger partial charge < -0.3 is 9.80 Å². The Bertz CT molecular complexity index is 874. The molecule has 0 fully saturated rings. The Kier molecular flexibility index (Phi) is 3.67. The maximum Gasteiger partial charge on any atom is 0.158 e. The minimum Gasteiger partial charge on any atom is -0.350 e. The fourth-order valence-electron chi connectivity index (χ4n) is 5.44. The number of rotatable bonds is 2. The molecule has 2 aromatic rings. The van der Waals surface area contributed by atoms with Crippen LogP contribution in [-0.2, 0) is 5.41 Å². The number of hydrogen-bond acceptors (Lipinski definition) is 3. The van der Waals surface area contributed by atoms with Crippen LogP contribution in [0.15, 0.2) is 30.5 Å². The normalized spacial score (nSPS) is 29.4. The van der Waals surface area contributed by atoms with Crippen molar-refractivity contribution in [3.63, 3.8) is 0 Å². The lowest BCUT2D eigenvalue weighted by atomic mass is 9.55. The average molecular weight is 350 g/mol. The Morgan fingerprint density at radius 1 is 1.00 bits per heavy atom. The van der Waals surface area contributed by atoms with Gasteiger partial charge in [-0.15, -0.1) is 0 Å². The molecule has 2 aliphatic heterocycles. The largest absolute Gasteiger partial charge is 0.350 e. The second kappa shape index (κ2) is 5.48. The summed E-state index contributed by atoms with van der Waals surface area (Å²) in [6.45, 7) is 14.0. The molecule has 1 aromatic carbocycles. The molecule has 0 amide bonds. The predicted molar refractivity (Wildman–Crippen MR) is 111 cm³/mol. The highest BCUT2D eigenvalue weighted by molar-refractivity contribution is 5.84. The van der Waals surface area contributed by atoms with Gasteiger partial charge in [-0.1, -0.05) is 39.8 Å². The van der Waals surface area contributed by atoms with E-state index in [0.717, 1.165) is 18.7 Å². The van der Waals surface area contributed by atoms with E-state index in [1.54, 1.807) is 0 Å². The number of aromatic nitrogens is 1. The molecule has 3 heteroatoms. The lowest BCUT2D eigenvalue weighted by Gasteiger charge is -2.58. The second-order valence-electron chi connectivity index (χ2n) is 8.69. The molecule has 0 spiro atoms. The standard InChI is InChI=1S/C23H31N3/c1-8-22(5)17-11-10-15(3)12-18(17)26-20-19(13-16(4)14-24-20)25(7)21(26)23(22,6)9-2/h10-14,21H,8-9H2,1-7H3. The van der Waals surface area contributed by atoms with Crippen molar-refractivity contribution in [1.82, 2.24) is 4.98 Å². The number of hydrogen-bond donors (Lipinski definition) is 0. The van der Waals surface area contributed by atoms with Crippen LogP contribution in [0.4, 0.5) is 17.2 Å². The van der Waals surface area contributed by atoms with Gasteiger partial charge in [-0.3, -0.25) is 0 Å². The van der Waals surface area contributed by atoms with Crippen molar-refractivity contribution in [2.24, 2.45) is 5.41 Å². The lowest BCUT2D eigenvalue weighted by molar-refractivity contribution is 0.0942. The summed E-state index contributed by atoms with van der Waals surface area (Å²) in [5, 5.41) is 0. The van der Waals surface area contributed by atoms with Crippen molar-refractivity contribution < 1.29 is 0 Å². The molecule has 3 heterocycles. The molecule has 0 aliphatic carbocycles. The van der Waals surface area contributed by atoms with E-state index in [0.29, 0.717) is 0 Å². The van der Waals surface area contributed by atoms with Crippen LogP contribution in [0.25, 0.3) is 0 Å². The summed E-state index contributed by atoms with van der Waals surface area (Å²) in [4.78, 5) is 9.86. The van der Waals surface area contributed by atoms with Crippen LogP contribution < -0.4 is 9.80 Å². The first kappa shape index (κ1) is 17.4. The Balaban J connectivity index is 2.07. The van der Waals surface area contributed by atoms with E-state index in [-0.39, 0.29) is 17.0 Å². The number of pyridine rings is 1. The summed E-state index contributed by atoms with van der Waals surface area (Å²) >= 11 is 0. The Morgan fingerprint density at radius 2 is 1.69 bits per heavy atom. The summed E-state index contributed by atoms with van der Waals surface area (Å²) in [6.07, 6.45) is 4.55. The fraction of sp³-hybridized carbons (Fsp3) is 0.522. The lowest BCUT2D eigenvalue weighted by Crippen LogP contribution is -2.62. The number of aryl methyl sites for hydroxylation is 2. The Labute approximate surface area is 158 Å². The summed E-state index contributed by atoms with van der Waals surface area (Å²) in [5.41, 5.74) is 6.83. The number of benzene rings is 1. The van der Waals surface area contributed by atoms with Gasteiger partial charge in [-0.25, -0.2) is 4.98 Å². The zero-order valence-corrected chi connectivity index (χ0v) is 17.2. The first-order valence-corrected chi connectivity index (χ1v) is 9.88. The highest BCUT2D eigenvalue weighted by Gasteiger charge is 2.59. The molecule has 26 heavy (non-hydrogen) atoms. The van der Waals surface area contributed by atoms with E-state index in [4.69, 9.17) is 4.98 Å². The van der Waals surface area contributed by atoms with Gasteiger partial charge in [-0.05, 0) is 55.5 Å². The van der Waals surface area contributed by atoms with Gasteiger partial charge in [0, 0.05) is 29.8 Å². The molecular weight excluding hydrogens is 318 g/mol. The maximum atomic E-state index is 4.88. The minimum atomic E-state index is 0.118. The maximum absolute atomic E-state index is 4.88. The predicted octanol–water partition coefficient (Wildman–Crippen LogP) is 5.71. The highest BCUT2D eigenvalue weighted by atomic mass is 15.5. The molecule has 3 atom stereocenters. The first-order chi connectivity index (χ1) is 12.3. The van der Waals surface area contributed by atoms with E-state index in [2.05, 4.69) is 82.7 Å². The van der Waals surface area contributed by atoms with Crippen LogP contribution in [0.2, 0.25) is 0 Å². The second-order valence-corrected chi connectivity index (χ2v) is 8.69. The summed E-state index contributed by atoms with van der Waals surface area (Å²) in [5.74, 6) is 1.10. The van der Waals surface area contributed by atoms with Gasteiger partial charge in [0.25, 0.3) is 0 Å². The molecular formula is C23H31N3. The molecule has 0 bridgehead atoms. The molecule has 2 aliphatic rings. The number of anilines is 3. The minimum absolute atomic E-state index is 0.118. The molecule has 0 radical (unpaired) electrons. The molecule has 3 unspecified atom stereocenters. The third kappa shape index (κ3) is 1.92. The number of nitrogens with zero attached hydrogens (tertiary/aromatic N) is 3. The summed E-state index contributed by atoms with van der Waals surface area (Å²) in [7, 11) is 2.25. The summed E-state index contributed by atoms with van der Waals surface area (Å²) < 4.78 is 0. The fourth-order valence-corrected chi connectivity index (χ4v) is 5.44. The van der Waals surface area contributed by atoms with E-state index in [1.807, 2.05) is 6.20 Å². The zero-order valence-electron chi connectivity index (χ0n) is 17.2. The van der Waals surface area contributed by atoms with Crippen molar-refractivity contribution in [3.8, 4) is 0 Å². The summed E-state index contributed by atoms with van der Waals surface area (Å²) in [6, 6.07) is 9.28. The van der Waals surface area contributed by atoms with Crippen LogP contribution in [0.3, 0.4) is 0 Å². The van der Waals surface area contributed by atoms with Crippen molar-refractivity contribution in [2.45, 2.75) is 66.0 Å². The molecule has 0 N–H and O–H groups in total. The quantitative estimate of drug-likeness (QED) is 0.692. The van der Waals surface area contributed by atoms with Crippen molar-refractivity contribution >= 4 is 17.2 Å². The molecule has 1 aromatic heterocycles. The third-order valence-corrected chi connectivity index (χ3v) is 7.48. The van der Waals surface area contributed by atoms with Crippen LogP contribution in [0, 0.1) is 19.3 Å². The van der Waals surface area contributed by atoms with Gasteiger partial charge in [-0.2, -0.15) is 0 Å². The van der Waals surface area contributed by atoms with E-state index in [1.165, 1.54) is 28.1 Å². The molecule has 0 saturated heterocycles. The van der Waals surface area contributed by atoms with Crippen LogP contribution in [0.5, 0.6) is 0 Å². The van der Waals surface area contributed by atoms with E-state index in [9.17, 15) is 0 Å².